The molecule has 8 aromatic rings. The van der Waals surface area contributed by atoms with Crippen molar-refractivity contribution in [1.82, 2.24) is 19.8 Å². The molecule has 0 aliphatic heterocycles. The highest BCUT2D eigenvalue weighted by molar-refractivity contribution is 6.31. The zero-order valence-electron chi connectivity index (χ0n) is 40.5. The second-order valence-electron chi connectivity index (χ2n) is 17.9. The highest BCUT2D eigenvalue weighted by Crippen LogP contribution is 2.28. The number of rotatable bonds is 15. The van der Waals surface area contributed by atoms with E-state index in [9.17, 15) is 29.1 Å². The van der Waals surface area contributed by atoms with Crippen LogP contribution in [0.25, 0.3) is 21.8 Å². The minimum absolute atomic E-state index is 0.229. The van der Waals surface area contributed by atoms with Crippen molar-refractivity contribution in [1.29, 1.82) is 0 Å². The van der Waals surface area contributed by atoms with Crippen LogP contribution in [0.1, 0.15) is 95.8 Å². The van der Waals surface area contributed by atoms with Gasteiger partial charge in [0.05, 0.1) is 25.3 Å². The van der Waals surface area contributed by atoms with Gasteiger partial charge in [-0.1, -0.05) is 108 Å². The van der Waals surface area contributed by atoms with Gasteiger partial charge in [-0.15, -0.1) is 0 Å². The predicted molar refractivity (Wildman–Crippen MR) is 280 cm³/mol. The van der Waals surface area contributed by atoms with E-state index >= 15 is 0 Å². The Kier molecular flexibility index (Phi) is 16.9. The summed E-state index contributed by atoms with van der Waals surface area (Å²) in [5.41, 5.74) is 8.30. The number of carboxylic acid groups (broad SMARTS) is 1. The lowest BCUT2D eigenvalue weighted by Crippen LogP contribution is -2.38. The molecule has 3 N–H and O–H groups in total. The molecule has 2 heterocycles. The summed E-state index contributed by atoms with van der Waals surface area (Å²) in [7, 11) is 2.68. The lowest BCUT2D eigenvalue weighted by Gasteiger charge is -2.19. The first-order valence-corrected chi connectivity index (χ1v) is 23.8. The van der Waals surface area contributed by atoms with Crippen LogP contribution < -0.4 is 10.6 Å². The monoisotopic (exact) mass is 1010 g/mol. The van der Waals surface area contributed by atoms with Crippen LogP contribution in [0.2, 0.25) is 10.0 Å². The highest BCUT2D eigenvalue weighted by Gasteiger charge is 2.21. The lowest BCUT2D eigenvalue weighted by atomic mass is 9.99. The van der Waals surface area contributed by atoms with Crippen LogP contribution in [-0.4, -0.2) is 77.1 Å². The third kappa shape index (κ3) is 13.3. The standard InChI is InChI=1S/C32H34ClN3O5.C25H20ClNO4/c1-32(2,3)41-31(39)35-15-14-34-29(37)28-18-24-17-22(16-23-11-12-25(33)19-26(23)30(38)40-4)10-13-27(24)36(28)20-21-8-6-5-7-9-21;1-31-25(30)21-14-20(26)9-8-18(21)11-17-7-10-22-19(12-17)13-23(24(28)29)27(22)15-16-5-3-2-4-6-16/h5-13,17-19H,14-16,20H2,1-4H3,(H,34,37)(H,35,39);2-10,12-14H,11,15H2,1H3,(H,28,29). The average Bonchev–Trinajstić information content (AvgIpc) is 3.91. The fourth-order valence-corrected chi connectivity index (χ4v) is 8.63. The summed E-state index contributed by atoms with van der Waals surface area (Å²) in [6.07, 6.45) is 0.441. The quantitative estimate of drug-likeness (QED) is 0.0514. The van der Waals surface area contributed by atoms with Crippen LogP contribution in [0, 0.1) is 0 Å². The van der Waals surface area contributed by atoms with Gasteiger partial charge in [-0.3, -0.25) is 4.79 Å². The van der Waals surface area contributed by atoms with Crippen LogP contribution in [0.4, 0.5) is 4.79 Å². The van der Waals surface area contributed by atoms with Crippen molar-refractivity contribution in [2.45, 2.75) is 52.3 Å². The van der Waals surface area contributed by atoms with Crippen molar-refractivity contribution in [3.8, 4) is 0 Å². The second-order valence-corrected chi connectivity index (χ2v) is 18.8. The number of esters is 2. The van der Waals surface area contributed by atoms with Crippen LogP contribution in [-0.2, 0) is 40.1 Å². The minimum Gasteiger partial charge on any atom is -0.477 e. The summed E-state index contributed by atoms with van der Waals surface area (Å²) in [5, 5.41) is 17.9. The molecule has 0 aliphatic carbocycles. The summed E-state index contributed by atoms with van der Waals surface area (Å²) in [6, 6.07) is 45.4. The first kappa shape index (κ1) is 52.0. The first-order chi connectivity index (χ1) is 34.5. The number of hydrogen-bond donors (Lipinski definition) is 3. The number of methoxy groups -OCH3 is 2. The lowest BCUT2D eigenvalue weighted by molar-refractivity contribution is 0.0524. The fourth-order valence-electron chi connectivity index (χ4n) is 8.29. The zero-order valence-corrected chi connectivity index (χ0v) is 42.0. The zero-order chi connectivity index (χ0) is 51.5. The summed E-state index contributed by atoms with van der Waals surface area (Å²) >= 11 is 12.2. The molecular weight excluding hydrogens is 956 g/mol. The molecule has 6 aromatic carbocycles. The molecule has 0 saturated heterocycles. The van der Waals surface area contributed by atoms with Gasteiger partial charge >= 0.3 is 24.0 Å². The number of aromatic carboxylic acids is 1. The Morgan fingerprint density at radius 2 is 0.986 bits per heavy atom. The third-order valence-electron chi connectivity index (χ3n) is 11.6. The van der Waals surface area contributed by atoms with Gasteiger partial charge in [0.2, 0.25) is 0 Å². The van der Waals surface area contributed by atoms with Gasteiger partial charge < -0.3 is 39.1 Å². The molecule has 0 aliphatic rings. The number of benzene rings is 6. The molecule has 0 bridgehead atoms. The maximum Gasteiger partial charge on any atom is 0.407 e. The van der Waals surface area contributed by atoms with Crippen molar-refractivity contribution < 1.29 is 43.3 Å². The highest BCUT2D eigenvalue weighted by atomic mass is 35.5. The van der Waals surface area contributed by atoms with E-state index in [0.717, 1.165) is 55.2 Å². The Balaban J connectivity index is 0.000000219. The van der Waals surface area contributed by atoms with E-state index in [1.807, 2.05) is 120 Å². The topological polar surface area (TPSA) is 167 Å². The molecule has 15 heteroatoms. The number of aromatic nitrogens is 2. The number of nitrogens with zero attached hydrogens (tertiary/aromatic N) is 2. The van der Waals surface area contributed by atoms with Gasteiger partial charge in [0, 0.05) is 58.0 Å². The van der Waals surface area contributed by atoms with Crippen LogP contribution in [0.15, 0.2) is 146 Å². The normalized spacial score (nSPS) is 11.1. The molecule has 0 unspecified atom stereocenters. The number of carbonyl (C=O) groups is 5. The van der Waals surface area contributed by atoms with Gasteiger partial charge in [-0.2, -0.15) is 0 Å². The number of nitrogens with one attached hydrogen (secondary N) is 2. The largest absolute Gasteiger partial charge is 0.477 e. The molecule has 0 radical (unpaired) electrons. The van der Waals surface area contributed by atoms with Gasteiger partial charge in [0.15, 0.2) is 0 Å². The minimum atomic E-state index is -0.973. The van der Waals surface area contributed by atoms with E-state index in [4.69, 9.17) is 37.4 Å². The SMILES string of the molecule is COC(=O)c1cc(Cl)ccc1Cc1ccc2c(c1)cc(C(=O)NCCNC(=O)OC(C)(C)C)n2Cc1ccccc1.COC(=O)c1cc(Cl)ccc1Cc1ccc2c(c1)cc(C(=O)O)n2Cc1ccccc1. The van der Waals surface area contributed by atoms with E-state index in [1.54, 1.807) is 55.7 Å². The number of halogens is 2. The number of carbonyl (C=O) groups excluding carboxylic acids is 4. The van der Waals surface area contributed by atoms with E-state index in [1.165, 1.54) is 14.2 Å². The number of fused-ring (bicyclic) bond motifs is 2. The number of amides is 2. The summed E-state index contributed by atoms with van der Waals surface area (Å²) in [5.74, 6) is -2.12. The molecule has 2 aromatic heterocycles. The number of hydrogen-bond acceptors (Lipinski definition) is 8. The molecular formula is C57H54Cl2N4O9. The number of alkyl carbamates (subject to hydrolysis) is 1. The van der Waals surface area contributed by atoms with Crippen LogP contribution >= 0.6 is 23.2 Å². The fraction of sp³-hybridized carbons (Fsp3) is 0.211. The smallest absolute Gasteiger partial charge is 0.407 e. The molecule has 370 valence electrons. The Bertz CT molecular complexity index is 3270. The van der Waals surface area contributed by atoms with E-state index in [2.05, 4.69) is 10.6 Å². The number of carboxylic acids is 1. The molecule has 0 saturated carbocycles. The molecule has 13 nitrogen and oxygen atoms in total. The van der Waals surface area contributed by atoms with Gasteiger partial charge in [-0.05, 0) is 128 Å². The number of ether oxygens (including phenoxy) is 3. The van der Waals surface area contributed by atoms with Crippen molar-refractivity contribution in [3.63, 3.8) is 0 Å². The van der Waals surface area contributed by atoms with Crippen molar-refractivity contribution >= 4 is 74.9 Å². The van der Waals surface area contributed by atoms with Crippen molar-refractivity contribution in [2.24, 2.45) is 0 Å². The maximum atomic E-state index is 13.3. The molecule has 0 fully saturated rings. The van der Waals surface area contributed by atoms with Crippen LogP contribution in [0.5, 0.6) is 0 Å². The Labute approximate surface area is 427 Å². The first-order valence-electron chi connectivity index (χ1n) is 23.0. The second kappa shape index (κ2) is 23.4. The maximum absolute atomic E-state index is 13.3. The Morgan fingerprint density at radius 1 is 0.542 bits per heavy atom. The predicted octanol–water partition coefficient (Wildman–Crippen LogP) is 11.4. The molecule has 8 rings (SSSR count). The van der Waals surface area contributed by atoms with Gasteiger partial charge in [0.1, 0.15) is 17.0 Å². The van der Waals surface area contributed by atoms with E-state index < -0.39 is 29.6 Å². The molecule has 0 atom stereocenters. The van der Waals surface area contributed by atoms with Crippen molar-refractivity contribution in [3.05, 3.63) is 212 Å². The summed E-state index contributed by atoms with van der Waals surface area (Å²) < 4.78 is 18.8. The molecule has 2 amide bonds. The van der Waals surface area contributed by atoms with E-state index in [-0.39, 0.29) is 24.7 Å². The van der Waals surface area contributed by atoms with Gasteiger partial charge in [-0.25, -0.2) is 19.2 Å². The summed E-state index contributed by atoms with van der Waals surface area (Å²) in [6.45, 7) is 6.81. The Morgan fingerprint density at radius 3 is 1.43 bits per heavy atom. The molecule has 0 spiro atoms. The third-order valence-corrected chi connectivity index (χ3v) is 12.0. The van der Waals surface area contributed by atoms with E-state index in [0.29, 0.717) is 52.8 Å². The van der Waals surface area contributed by atoms with Crippen molar-refractivity contribution in [2.75, 3.05) is 27.3 Å². The summed E-state index contributed by atoms with van der Waals surface area (Å²) in [4.78, 5) is 61.6. The average molecular weight is 1010 g/mol. The van der Waals surface area contributed by atoms with Gasteiger partial charge in [0.25, 0.3) is 5.91 Å². The Hall–Kier alpha value is -7.87. The molecule has 72 heavy (non-hydrogen) atoms. The van der Waals surface area contributed by atoms with Crippen LogP contribution in [0.3, 0.4) is 0 Å².